The third-order valence-electron chi connectivity index (χ3n) is 1.85. The summed E-state index contributed by atoms with van der Waals surface area (Å²) in [6.07, 6.45) is 0. The van der Waals surface area contributed by atoms with E-state index in [2.05, 4.69) is 0 Å². The van der Waals surface area contributed by atoms with Crippen LogP contribution in [-0.4, -0.2) is 16.6 Å². The van der Waals surface area contributed by atoms with Crippen molar-refractivity contribution in [3.05, 3.63) is 28.8 Å². The van der Waals surface area contributed by atoms with Gasteiger partial charge in [0, 0.05) is 4.90 Å². The smallest absolute Gasteiger partial charge is 0.446 e. The number of benzene rings is 1. The Morgan fingerprint density at radius 1 is 1.47 bits per heavy atom. The Morgan fingerprint density at radius 3 is 2.47 bits per heavy atom. The molecule has 0 amide bonds. The lowest BCUT2D eigenvalue weighted by molar-refractivity contribution is -0.0328. The van der Waals surface area contributed by atoms with Crippen LogP contribution in [0.4, 0.5) is 13.2 Å². The molecule has 0 unspecified atom stereocenters. The molecule has 1 aromatic rings. The van der Waals surface area contributed by atoms with E-state index in [1.165, 1.54) is 13.0 Å². The first kappa shape index (κ1) is 13.4. The average Bonchev–Trinajstić information content (AvgIpc) is 2.18. The van der Waals surface area contributed by atoms with Crippen molar-refractivity contribution < 1.29 is 23.1 Å². The van der Waals surface area contributed by atoms with Gasteiger partial charge in [0.2, 0.25) is 0 Å². The molecule has 0 fully saturated rings. The van der Waals surface area contributed by atoms with E-state index in [0.29, 0.717) is 0 Å². The van der Waals surface area contributed by atoms with Crippen molar-refractivity contribution in [3.8, 4) is 6.07 Å². The predicted molar refractivity (Wildman–Crippen MR) is 54.8 cm³/mol. The van der Waals surface area contributed by atoms with Gasteiger partial charge in [-0.3, -0.25) is 0 Å². The van der Waals surface area contributed by atoms with E-state index in [0.717, 1.165) is 6.07 Å². The van der Waals surface area contributed by atoms with Crippen LogP contribution >= 0.6 is 11.8 Å². The first-order valence-corrected chi connectivity index (χ1v) is 5.10. The molecule has 0 radical (unpaired) electrons. The minimum Gasteiger partial charge on any atom is -0.478 e. The van der Waals surface area contributed by atoms with Crippen LogP contribution in [0, 0.1) is 18.3 Å². The van der Waals surface area contributed by atoms with Crippen LogP contribution in [0.5, 0.6) is 0 Å². The monoisotopic (exact) mass is 261 g/mol. The lowest BCUT2D eigenvalue weighted by Gasteiger charge is -2.11. The first-order chi connectivity index (χ1) is 7.74. The molecule has 90 valence electrons. The molecule has 1 rings (SSSR count). The van der Waals surface area contributed by atoms with Crippen molar-refractivity contribution in [2.24, 2.45) is 0 Å². The van der Waals surface area contributed by atoms with Crippen LogP contribution in [0.3, 0.4) is 0 Å². The highest BCUT2D eigenvalue weighted by molar-refractivity contribution is 8.00. The highest BCUT2D eigenvalue weighted by Crippen LogP contribution is 2.40. The van der Waals surface area contributed by atoms with Gasteiger partial charge in [0.15, 0.2) is 0 Å². The molecule has 0 atom stereocenters. The van der Waals surface area contributed by atoms with Crippen LogP contribution in [0.25, 0.3) is 0 Å². The number of hydrogen-bond acceptors (Lipinski definition) is 3. The molecule has 0 bridgehead atoms. The van der Waals surface area contributed by atoms with Crippen LogP contribution in [0.15, 0.2) is 17.0 Å². The quantitative estimate of drug-likeness (QED) is 0.830. The van der Waals surface area contributed by atoms with E-state index in [1.54, 1.807) is 6.07 Å². The fourth-order valence-corrected chi connectivity index (χ4v) is 1.96. The van der Waals surface area contributed by atoms with Crippen molar-refractivity contribution in [3.63, 3.8) is 0 Å². The van der Waals surface area contributed by atoms with E-state index in [4.69, 9.17) is 10.4 Å². The number of aryl methyl sites for hydroxylation is 1. The molecule has 1 N–H and O–H groups in total. The van der Waals surface area contributed by atoms with Crippen LogP contribution < -0.4 is 0 Å². The number of halogens is 3. The van der Waals surface area contributed by atoms with E-state index >= 15 is 0 Å². The van der Waals surface area contributed by atoms with Crippen LogP contribution in [0.1, 0.15) is 21.5 Å². The summed E-state index contributed by atoms with van der Waals surface area (Å²) in [5.74, 6) is -1.49. The number of thioether (sulfide) groups is 1. The minimum absolute atomic E-state index is 0.0198. The molecular formula is C10H6F3NO2S. The Balaban J connectivity index is 3.38. The number of carboxylic acids is 1. The van der Waals surface area contributed by atoms with Crippen molar-refractivity contribution in [1.82, 2.24) is 0 Å². The maximum absolute atomic E-state index is 12.3. The second-order valence-electron chi connectivity index (χ2n) is 3.13. The van der Waals surface area contributed by atoms with Gasteiger partial charge in [0.1, 0.15) is 0 Å². The molecule has 0 saturated carbocycles. The molecule has 1 aromatic carbocycles. The summed E-state index contributed by atoms with van der Waals surface area (Å²) in [5, 5.41) is 17.4. The number of hydrogen-bond donors (Lipinski definition) is 1. The van der Waals surface area contributed by atoms with Crippen LogP contribution in [0.2, 0.25) is 0 Å². The summed E-state index contributed by atoms with van der Waals surface area (Å²) in [5.41, 5.74) is -4.94. The molecule has 17 heavy (non-hydrogen) atoms. The summed E-state index contributed by atoms with van der Waals surface area (Å²) >= 11 is -0.489. The van der Waals surface area contributed by atoms with E-state index < -0.39 is 28.8 Å². The molecule has 0 saturated heterocycles. The minimum atomic E-state index is -4.57. The Bertz CT molecular complexity index is 505. The summed E-state index contributed by atoms with van der Waals surface area (Å²) in [7, 11) is 0. The highest BCUT2D eigenvalue weighted by atomic mass is 32.2. The van der Waals surface area contributed by atoms with Gasteiger partial charge in [0.05, 0.1) is 17.2 Å². The van der Waals surface area contributed by atoms with Gasteiger partial charge in [0.25, 0.3) is 0 Å². The Hall–Kier alpha value is -1.68. The zero-order valence-corrected chi connectivity index (χ0v) is 9.32. The molecule has 0 spiro atoms. The molecule has 7 heteroatoms. The second-order valence-corrected chi connectivity index (χ2v) is 4.21. The number of carboxylic acid groups (broad SMARTS) is 1. The fourth-order valence-electron chi connectivity index (χ4n) is 1.25. The lowest BCUT2D eigenvalue weighted by atomic mass is 10.1. The van der Waals surface area contributed by atoms with Gasteiger partial charge in [-0.25, -0.2) is 4.79 Å². The Labute approximate surface area is 98.9 Å². The lowest BCUT2D eigenvalue weighted by Crippen LogP contribution is -2.07. The van der Waals surface area contributed by atoms with Crippen molar-refractivity contribution >= 4 is 17.7 Å². The molecule has 0 aliphatic rings. The van der Waals surface area contributed by atoms with Crippen molar-refractivity contribution in [2.45, 2.75) is 17.3 Å². The first-order valence-electron chi connectivity index (χ1n) is 4.28. The zero-order valence-electron chi connectivity index (χ0n) is 8.50. The zero-order chi connectivity index (χ0) is 13.2. The van der Waals surface area contributed by atoms with Gasteiger partial charge in [-0.2, -0.15) is 18.4 Å². The number of carbonyl (C=O) groups is 1. The number of alkyl halides is 3. The number of nitriles is 1. The van der Waals surface area contributed by atoms with Gasteiger partial charge in [-0.1, -0.05) is 0 Å². The largest absolute Gasteiger partial charge is 0.478 e. The SMILES string of the molecule is Cc1cc(C#N)cc(C(=O)O)c1SC(F)(F)F. The number of nitrogens with zero attached hydrogens (tertiary/aromatic N) is 1. The normalized spacial score (nSPS) is 11.0. The van der Waals surface area contributed by atoms with E-state index in [-0.39, 0.29) is 16.0 Å². The summed E-state index contributed by atoms with van der Waals surface area (Å²) < 4.78 is 36.8. The van der Waals surface area contributed by atoms with Gasteiger partial charge in [-0.05, 0) is 36.4 Å². The summed E-state index contributed by atoms with van der Waals surface area (Å²) in [6.45, 7) is 1.33. The topological polar surface area (TPSA) is 61.1 Å². The standard InChI is InChI=1S/C10H6F3NO2S/c1-5-2-6(4-14)3-7(9(15)16)8(5)17-10(11,12)13/h2-3H,1H3,(H,15,16). The average molecular weight is 261 g/mol. The van der Waals surface area contributed by atoms with Crippen LogP contribution in [-0.2, 0) is 0 Å². The van der Waals surface area contributed by atoms with E-state index in [9.17, 15) is 18.0 Å². The van der Waals surface area contributed by atoms with Gasteiger partial charge in [-0.15, -0.1) is 0 Å². The molecule has 0 aliphatic carbocycles. The Kier molecular flexibility index (Phi) is 3.68. The van der Waals surface area contributed by atoms with Crippen molar-refractivity contribution in [1.29, 1.82) is 5.26 Å². The predicted octanol–water partition coefficient (Wildman–Crippen LogP) is 3.18. The van der Waals surface area contributed by atoms with Crippen molar-refractivity contribution in [2.75, 3.05) is 0 Å². The molecule has 0 heterocycles. The third-order valence-corrected chi connectivity index (χ3v) is 2.83. The molecule has 3 nitrogen and oxygen atoms in total. The summed E-state index contributed by atoms with van der Waals surface area (Å²) in [6, 6.07) is 3.86. The third kappa shape index (κ3) is 3.39. The Morgan fingerprint density at radius 2 is 2.06 bits per heavy atom. The fraction of sp³-hybridized carbons (Fsp3) is 0.200. The molecule has 0 aliphatic heterocycles. The maximum atomic E-state index is 12.3. The van der Waals surface area contributed by atoms with Gasteiger partial charge >= 0.3 is 11.5 Å². The van der Waals surface area contributed by atoms with E-state index in [1.807, 2.05) is 0 Å². The highest BCUT2D eigenvalue weighted by Gasteiger charge is 2.32. The maximum Gasteiger partial charge on any atom is 0.446 e. The number of aromatic carboxylic acids is 1. The molecular weight excluding hydrogens is 255 g/mol. The number of rotatable bonds is 2. The molecule has 0 aromatic heterocycles. The summed E-state index contributed by atoms with van der Waals surface area (Å²) in [4.78, 5) is 10.5. The van der Waals surface area contributed by atoms with Gasteiger partial charge < -0.3 is 5.11 Å². The second kappa shape index (κ2) is 4.67.